The predicted molar refractivity (Wildman–Crippen MR) is 31.8 cm³/mol. The summed E-state index contributed by atoms with van der Waals surface area (Å²) in [6.07, 6.45) is 1.73. The van der Waals surface area contributed by atoms with Crippen molar-refractivity contribution in [2.45, 2.75) is 0 Å². The molecule has 0 aliphatic heterocycles. The molecule has 0 unspecified atom stereocenters. The first-order valence-electron chi connectivity index (χ1n) is 2.32. The molecule has 1 aromatic heterocycles. The average Bonchev–Trinajstić information content (AvgIpc) is 1.77. The van der Waals surface area contributed by atoms with Crippen molar-refractivity contribution >= 4 is 11.5 Å². The van der Waals surface area contributed by atoms with Crippen LogP contribution in [-0.2, 0) is 0 Å². The summed E-state index contributed by atoms with van der Waals surface area (Å²) < 4.78 is 0. The van der Waals surface area contributed by atoms with Crippen molar-refractivity contribution in [3.63, 3.8) is 0 Å². The summed E-state index contributed by atoms with van der Waals surface area (Å²) in [7, 11) is 0. The number of aromatic amines is 1. The van der Waals surface area contributed by atoms with Gasteiger partial charge in [0, 0.05) is 0 Å². The van der Waals surface area contributed by atoms with Crippen LogP contribution in [-0.4, -0.2) is 0 Å². The topological polar surface area (TPSA) is 66.2 Å². The SMILES string of the molecule is Nc1ccc[nH+]c1N. The first kappa shape index (κ1) is 4.90. The summed E-state index contributed by atoms with van der Waals surface area (Å²) in [6.45, 7) is 0. The summed E-state index contributed by atoms with van der Waals surface area (Å²) in [5.74, 6) is 0.521. The molecule has 0 atom stereocenters. The zero-order chi connectivity index (χ0) is 5.98. The van der Waals surface area contributed by atoms with Crippen molar-refractivity contribution in [3.8, 4) is 0 Å². The number of hydrogen-bond donors (Lipinski definition) is 2. The molecule has 0 saturated heterocycles. The molecule has 1 aromatic rings. The maximum atomic E-state index is 5.36. The van der Waals surface area contributed by atoms with E-state index in [-0.39, 0.29) is 0 Å². The Morgan fingerprint density at radius 3 is 2.50 bits per heavy atom. The molecule has 0 aliphatic carbocycles. The maximum Gasteiger partial charge on any atom is 0.293 e. The van der Waals surface area contributed by atoms with Gasteiger partial charge < -0.3 is 5.73 Å². The number of nitrogen functional groups attached to an aromatic ring is 2. The molecule has 0 bridgehead atoms. The fourth-order valence-corrected chi connectivity index (χ4v) is 0.463. The second-order valence-corrected chi connectivity index (χ2v) is 1.54. The van der Waals surface area contributed by atoms with Crippen LogP contribution in [0.15, 0.2) is 18.3 Å². The van der Waals surface area contributed by atoms with Crippen LogP contribution in [0.3, 0.4) is 0 Å². The molecular weight excluding hydrogens is 102 g/mol. The van der Waals surface area contributed by atoms with Gasteiger partial charge in [-0.15, -0.1) is 0 Å². The highest BCUT2D eigenvalue weighted by atomic mass is 14.9. The summed E-state index contributed by atoms with van der Waals surface area (Å²) in [5, 5.41) is 0. The number of pyridine rings is 1. The second kappa shape index (κ2) is 1.69. The van der Waals surface area contributed by atoms with Crippen LogP contribution < -0.4 is 16.5 Å². The van der Waals surface area contributed by atoms with E-state index in [9.17, 15) is 0 Å². The van der Waals surface area contributed by atoms with Crippen LogP contribution in [0.25, 0.3) is 0 Å². The molecule has 3 heteroatoms. The highest BCUT2D eigenvalue weighted by Crippen LogP contribution is 2.02. The molecule has 1 heterocycles. The average molecular weight is 110 g/mol. The van der Waals surface area contributed by atoms with Crippen LogP contribution in [0.1, 0.15) is 0 Å². The number of nitrogens with two attached hydrogens (primary N) is 2. The standard InChI is InChI=1S/C5H7N3/c6-4-2-1-3-8-5(4)7/h1-3H,6H2,(H2,7,8)/p+1. The van der Waals surface area contributed by atoms with E-state index < -0.39 is 0 Å². The van der Waals surface area contributed by atoms with Crippen LogP contribution >= 0.6 is 0 Å². The zero-order valence-corrected chi connectivity index (χ0v) is 4.39. The van der Waals surface area contributed by atoms with Gasteiger partial charge in [0.1, 0.15) is 5.69 Å². The third kappa shape index (κ3) is 0.703. The zero-order valence-electron chi connectivity index (χ0n) is 4.39. The smallest absolute Gasteiger partial charge is 0.293 e. The van der Waals surface area contributed by atoms with Gasteiger partial charge in [-0.2, -0.15) is 0 Å². The van der Waals surface area contributed by atoms with E-state index in [0.29, 0.717) is 11.5 Å². The molecule has 5 N–H and O–H groups in total. The van der Waals surface area contributed by atoms with E-state index in [0.717, 1.165) is 0 Å². The van der Waals surface area contributed by atoms with E-state index >= 15 is 0 Å². The van der Waals surface area contributed by atoms with Gasteiger partial charge in [0.25, 0.3) is 5.82 Å². The molecule has 0 saturated carbocycles. The Morgan fingerprint density at radius 2 is 2.12 bits per heavy atom. The Morgan fingerprint density at radius 1 is 1.38 bits per heavy atom. The van der Waals surface area contributed by atoms with Gasteiger partial charge in [-0.25, -0.2) is 4.98 Å². The molecule has 8 heavy (non-hydrogen) atoms. The number of aromatic nitrogens is 1. The molecule has 0 spiro atoms. The van der Waals surface area contributed by atoms with Crippen molar-refractivity contribution in [3.05, 3.63) is 18.3 Å². The molecule has 0 radical (unpaired) electrons. The monoisotopic (exact) mass is 110 g/mol. The fourth-order valence-electron chi connectivity index (χ4n) is 0.463. The molecule has 3 nitrogen and oxygen atoms in total. The quantitative estimate of drug-likeness (QED) is 0.480. The van der Waals surface area contributed by atoms with E-state index in [1.807, 2.05) is 0 Å². The lowest BCUT2D eigenvalue weighted by atomic mass is 10.4. The predicted octanol–water partition coefficient (Wildman–Crippen LogP) is -0.335. The van der Waals surface area contributed by atoms with Gasteiger partial charge in [0.05, 0.1) is 6.20 Å². The lowest BCUT2D eigenvalue weighted by molar-refractivity contribution is -0.359. The number of H-pyrrole nitrogens is 1. The minimum absolute atomic E-state index is 0.521. The van der Waals surface area contributed by atoms with Crippen LogP contribution in [0.5, 0.6) is 0 Å². The number of anilines is 2. The molecule has 0 aromatic carbocycles. The molecule has 0 aliphatic rings. The van der Waals surface area contributed by atoms with E-state index in [2.05, 4.69) is 4.98 Å². The van der Waals surface area contributed by atoms with Crippen molar-refractivity contribution in [2.75, 3.05) is 11.5 Å². The molecule has 1 rings (SSSR count). The third-order valence-corrected chi connectivity index (χ3v) is 0.922. The summed E-state index contributed by atoms with van der Waals surface area (Å²) in [5.41, 5.74) is 11.3. The number of rotatable bonds is 0. The minimum atomic E-state index is 0.521. The van der Waals surface area contributed by atoms with Gasteiger partial charge in [-0.1, -0.05) is 0 Å². The maximum absolute atomic E-state index is 5.36. The Hall–Kier alpha value is -1.25. The van der Waals surface area contributed by atoms with Gasteiger partial charge >= 0.3 is 0 Å². The van der Waals surface area contributed by atoms with E-state index in [4.69, 9.17) is 11.5 Å². The van der Waals surface area contributed by atoms with Gasteiger partial charge in [-0.05, 0) is 12.1 Å². The van der Waals surface area contributed by atoms with Gasteiger partial charge in [-0.3, -0.25) is 5.73 Å². The normalized spacial score (nSPS) is 9.00. The molecule has 0 fully saturated rings. The highest BCUT2D eigenvalue weighted by Gasteiger charge is 1.93. The number of nitrogens with one attached hydrogen (secondary N) is 1. The lowest BCUT2D eigenvalue weighted by Crippen LogP contribution is -2.11. The van der Waals surface area contributed by atoms with Crippen LogP contribution in [0.2, 0.25) is 0 Å². The summed E-state index contributed by atoms with van der Waals surface area (Å²) in [4.78, 5) is 2.75. The molecule has 42 valence electrons. The van der Waals surface area contributed by atoms with Crippen molar-refractivity contribution in [2.24, 2.45) is 0 Å². The van der Waals surface area contributed by atoms with Crippen molar-refractivity contribution in [1.82, 2.24) is 0 Å². The van der Waals surface area contributed by atoms with Gasteiger partial charge in [0.15, 0.2) is 0 Å². The van der Waals surface area contributed by atoms with Crippen LogP contribution in [0, 0.1) is 0 Å². The summed E-state index contributed by atoms with van der Waals surface area (Å²) in [6, 6.07) is 3.54. The first-order valence-corrected chi connectivity index (χ1v) is 2.32. The first-order chi connectivity index (χ1) is 3.80. The van der Waals surface area contributed by atoms with Crippen molar-refractivity contribution < 1.29 is 4.98 Å². The minimum Gasteiger partial charge on any atom is -0.392 e. The fraction of sp³-hybridized carbons (Fsp3) is 0. The molecule has 0 amide bonds. The Bertz CT molecular complexity index is 164. The highest BCUT2D eigenvalue weighted by molar-refractivity contribution is 5.52. The Balaban J connectivity index is 3.13. The van der Waals surface area contributed by atoms with E-state index in [1.165, 1.54) is 0 Å². The van der Waals surface area contributed by atoms with Crippen LogP contribution in [0.4, 0.5) is 11.5 Å². The molecular formula is C5H8N3+. The Kier molecular flexibility index (Phi) is 1.04. The van der Waals surface area contributed by atoms with E-state index in [1.54, 1.807) is 18.3 Å². The summed E-state index contributed by atoms with van der Waals surface area (Å²) >= 11 is 0. The lowest BCUT2D eigenvalue weighted by Gasteiger charge is -1.87. The second-order valence-electron chi connectivity index (χ2n) is 1.54. The van der Waals surface area contributed by atoms with Crippen molar-refractivity contribution in [1.29, 1.82) is 0 Å². The van der Waals surface area contributed by atoms with Gasteiger partial charge in [0.2, 0.25) is 0 Å². The number of hydrogen-bond acceptors (Lipinski definition) is 2. The largest absolute Gasteiger partial charge is 0.392 e. The third-order valence-electron chi connectivity index (χ3n) is 0.922. The Labute approximate surface area is 47.3 Å².